The van der Waals surface area contributed by atoms with Crippen LogP contribution in [0, 0.1) is 11.7 Å². The Morgan fingerprint density at radius 1 is 1.41 bits per heavy atom. The molecule has 4 heteroatoms. The molecule has 0 aliphatic carbocycles. The van der Waals surface area contributed by atoms with E-state index in [1.807, 2.05) is 13.8 Å². The Morgan fingerprint density at radius 2 is 2.06 bits per heavy atom. The van der Waals surface area contributed by atoms with Crippen LogP contribution >= 0.6 is 0 Å². The van der Waals surface area contributed by atoms with Gasteiger partial charge in [0.15, 0.2) is 0 Å². The molecule has 17 heavy (non-hydrogen) atoms. The third-order valence-corrected chi connectivity index (χ3v) is 2.34. The SMILES string of the molecule is CC(C)Oc1ccc(CC(C)C(=O)O)c(F)c1. The molecule has 0 aliphatic heterocycles. The Labute approximate surface area is 100 Å². The van der Waals surface area contributed by atoms with Gasteiger partial charge in [0, 0.05) is 6.07 Å². The molecule has 0 heterocycles. The van der Waals surface area contributed by atoms with Crippen molar-refractivity contribution in [3.63, 3.8) is 0 Å². The molecule has 0 aromatic heterocycles. The lowest BCUT2D eigenvalue weighted by Crippen LogP contribution is -2.13. The summed E-state index contributed by atoms with van der Waals surface area (Å²) in [7, 11) is 0. The number of ether oxygens (including phenoxy) is 1. The fourth-order valence-corrected chi connectivity index (χ4v) is 1.46. The van der Waals surface area contributed by atoms with Gasteiger partial charge in [-0.1, -0.05) is 13.0 Å². The molecule has 94 valence electrons. The van der Waals surface area contributed by atoms with E-state index >= 15 is 0 Å². The van der Waals surface area contributed by atoms with Gasteiger partial charge >= 0.3 is 5.97 Å². The van der Waals surface area contributed by atoms with E-state index in [-0.39, 0.29) is 12.5 Å². The maximum Gasteiger partial charge on any atom is 0.306 e. The van der Waals surface area contributed by atoms with Crippen molar-refractivity contribution in [3.8, 4) is 5.75 Å². The van der Waals surface area contributed by atoms with Crippen molar-refractivity contribution in [2.45, 2.75) is 33.3 Å². The first-order valence-electron chi connectivity index (χ1n) is 5.58. The summed E-state index contributed by atoms with van der Waals surface area (Å²) in [5.41, 5.74) is 0.399. The fourth-order valence-electron chi connectivity index (χ4n) is 1.46. The number of aliphatic carboxylic acids is 1. The van der Waals surface area contributed by atoms with Crippen molar-refractivity contribution in [1.29, 1.82) is 0 Å². The summed E-state index contributed by atoms with van der Waals surface area (Å²) >= 11 is 0. The minimum Gasteiger partial charge on any atom is -0.491 e. The van der Waals surface area contributed by atoms with Gasteiger partial charge in [0.05, 0.1) is 12.0 Å². The van der Waals surface area contributed by atoms with E-state index in [2.05, 4.69) is 0 Å². The number of halogens is 1. The molecule has 0 radical (unpaired) electrons. The number of carbonyl (C=O) groups is 1. The molecular formula is C13H17FO3. The molecule has 1 rings (SSSR count). The standard InChI is InChI=1S/C13H17FO3/c1-8(2)17-11-5-4-10(12(14)7-11)6-9(3)13(15)16/h4-5,7-9H,6H2,1-3H3,(H,15,16). The average Bonchev–Trinajstić information content (AvgIpc) is 2.20. The Morgan fingerprint density at radius 3 is 2.53 bits per heavy atom. The van der Waals surface area contributed by atoms with Gasteiger partial charge in [0.1, 0.15) is 11.6 Å². The first-order valence-corrected chi connectivity index (χ1v) is 5.58. The van der Waals surface area contributed by atoms with Crippen molar-refractivity contribution in [2.75, 3.05) is 0 Å². The van der Waals surface area contributed by atoms with E-state index in [1.165, 1.54) is 6.07 Å². The zero-order valence-corrected chi connectivity index (χ0v) is 10.2. The second kappa shape index (κ2) is 5.66. The lowest BCUT2D eigenvalue weighted by molar-refractivity contribution is -0.141. The van der Waals surface area contributed by atoms with Gasteiger partial charge in [-0.2, -0.15) is 0 Å². The molecule has 1 atom stereocenters. The predicted molar refractivity (Wildman–Crippen MR) is 62.7 cm³/mol. The highest BCUT2D eigenvalue weighted by Gasteiger charge is 2.14. The molecule has 1 N–H and O–H groups in total. The Hall–Kier alpha value is -1.58. The van der Waals surface area contributed by atoms with Crippen LogP contribution in [0.3, 0.4) is 0 Å². The highest BCUT2D eigenvalue weighted by Crippen LogP contribution is 2.20. The molecule has 0 fully saturated rings. The van der Waals surface area contributed by atoms with Crippen LogP contribution in [0.4, 0.5) is 4.39 Å². The van der Waals surface area contributed by atoms with Crippen molar-refractivity contribution in [1.82, 2.24) is 0 Å². The molecular weight excluding hydrogens is 223 g/mol. The summed E-state index contributed by atoms with van der Waals surface area (Å²) in [6.07, 6.45) is 0.168. The maximum absolute atomic E-state index is 13.7. The van der Waals surface area contributed by atoms with Crippen LogP contribution in [0.1, 0.15) is 26.3 Å². The second-order valence-electron chi connectivity index (χ2n) is 4.36. The van der Waals surface area contributed by atoms with Crippen LogP contribution in [0.2, 0.25) is 0 Å². The van der Waals surface area contributed by atoms with Crippen molar-refractivity contribution >= 4 is 5.97 Å². The van der Waals surface area contributed by atoms with Crippen LogP contribution in [0.25, 0.3) is 0 Å². The van der Waals surface area contributed by atoms with Gasteiger partial charge in [-0.05, 0) is 31.9 Å². The Balaban J connectivity index is 2.79. The van der Waals surface area contributed by atoms with E-state index in [1.54, 1.807) is 19.1 Å². The predicted octanol–water partition coefficient (Wildman–Crippen LogP) is 2.88. The second-order valence-corrected chi connectivity index (χ2v) is 4.36. The van der Waals surface area contributed by atoms with Gasteiger partial charge in [0.2, 0.25) is 0 Å². The number of carboxylic acid groups (broad SMARTS) is 1. The largest absolute Gasteiger partial charge is 0.491 e. The van der Waals surface area contributed by atoms with E-state index in [0.717, 1.165) is 0 Å². The summed E-state index contributed by atoms with van der Waals surface area (Å²) in [6.45, 7) is 5.27. The highest BCUT2D eigenvalue weighted by atomic mass is 19.1. The zero-order valence-electron chi connectivity index (χ0n) is 10.2. The van der Waals surface area contributed by atoms with Gasteiger partial charge in [0.25, 0.3) is 0 Å². The van der Waals surface area contributed by atoms with Crippen molar-refractivity contribution in [2.24, 2.45) is 5.92 Å². The number of carboxylic acids is 1. The Kier molecular flexibility index (Phi) is 4.49. The number of hydrogen-bond donors (Lipinski definition) is 1. The number of hydrogen-bond acceptors (Lipinski definition) is 2. The highest BCUT2D eigenvalue weighted by molar-refractivity contribution is 5.69. The molecule has 0 saturated carbocycles. The van der Waals surface area contributed by atoms with E-state index in [0.29, 0.717) is 11.3 Å². The molecule has 3 nitrogen and oxygen atoms in total. The van der Waals surface area contributed by atoms with Gasteiger partial charge in [-0.25, -0.2) is 4.39 Å². The smallest absolute Gasteiger partial charge is 0.306 e. The maximum atomic E-state index is 13.7. The summed E-state index contributed by atoms with van der Waals surface area (Å²) in [5, 5.41) is 8.76. The van der Waals surface area contributed by atoms with Crippen LogP contribution in [0.5, 0.6) is 5.75 Å². The molecule has 1 aromatic rings. The van der Waals surface area contributed by atoms with Gasteiger partial charge in [-0.3, -0.25) is 4.79 Å². The van der Waals surface area contributed by atoms with Crippen LogP contribution in [-0.4, -0.2) is 17.2 Å². The minimum atomic E-state index is -0.924. The monoisotopic (exact) mass is 240 g/mol. The summed E-state index contributed by atoms with van der Waals surface area (Å²) < 4.78 is 19.0. The lowest BCUT2D eigenvalue weighted by atomic mass is 10.0. The molecule has 0 saturated heterocycles. The molecule has 0 bridgehead atoms. The summed E-state index contributed by atoms with van der Waals surface area (Å²) in [4.78, 5) is 10.7. The van der Waals surface area contributed by atoms with Gasteiger partial charge in [-0.15, -0.1) is 0 Å². The normalized spacial score (nSPS) is 12.5. The van der Waals surface area contributed by atoms with Crippen LogP contribution in [-0.2, 0) is 11.2 Å². The summed E-state index contributed by atoms with van der Waals surface area (Å²) in [5.74, 6) is -1.48. The Bertz CT molecular complexity index is 402. The molecule has 1 unspecified atom stereocenters. The van der Waals surface area contributed by atoms with Gasteiger partial charge < -0.3 is 9.84 Å². The third-order valence-electron chi connectivity index (χ3n) is 2.34. The van der Waals surface area contributed by atoms with Crippen molar-refractivity contribution < 1.29 is 19.0 Å². The lowest BCUT2D eigenvalue weighted by Gasteiger charge is -2.12. The van der Waals surface area contributed by atoms with Crippen LogP contribution < -0.4 is 4.74 Å². The zero-order chi connectivity index (χ0) is 13.0. The fraction of sp³-hybridized carbons (Fsp3) is 0.462. The summed E-state index contributed by atoms with van der Waals surface area (Å²) in [6, 6.07) is 4.53. The van der Waals surface area contributed by atoms with Crippen LogP contribution in [0.15, 0.2) is 18.2 Å². The topological polar surface area (TPSA) is 46.5 Å². The van der Waals surface area contributed by atoms with E-state index in [9.17, 15) is 9.18 Å². The first-order chi connectivity index (χ1) is 7.90. The minimum absolute atomic E-state index is 0.0156. The number of rotatable bonds is 5. The molecule has 0 amide bonds. The number of benzene rings is 1. The first kappa shape index (κ1) is 13.5. The van der Waals surface area contributed by atoms with E-state index in [4.69, 9.17) is 9.84 Å². The quantitative estimate of drug-likeness (QED) is 0.860. The molecule has 0 spiro atoms. The van der Waals surface area contributed by atoms with Crippen molar-refractivity contribution in [3.05, 3.63) is 29.6 Å². The molecule has 1 aromatic carbocycles. The molecule has 0 aliphatic rings. The average molecular weight is 240 g/mol. The third kappa shape index (κ3) is 4.06. The van der Waals surface area contributed by atoms with E-state index < -0.39 is 17.7 Å².